The van der Waals surface area contributed by atoms with E-state index in [1.165, 1.54) is 0 Å². The molecule has 0 aromatic heterocycles. The minimum atomic E-state index is -5.08. The maximum atomic E-state index is 12.2. The van der Waals surface area contributed by atoms with Gasteiger partial charge in [0.2, 0.25) is 0 Å². The summed E-state index contributed by atoms with van der Waals surface area (Å²) in [6, 6.07) is 23.5. The summed E-state index contributed by atoms with van der Waals surface area (Å²) in [5.74, 6) is -2.05. The van der Waals surface area contributed by atoms with Crippen LogP contribution in [0.1, 0.15) is 5.56 Å². The number of alkyl halides is 3. The van der Waals surface area contributed by atoms with Crippen molar-refractivity contribution in [2.24, 2.45) is 0 Å². The van der Waals surface area contributed by atoms with Crippen LogP contribution >= 0.6 is 15.9 Å². The highest BCUT2D eigenvalue weighted by Gasteiger charge is 2.38. The molecule has 0 spiro atoms. The molecule has 0 radical (unpaired) electrons. The van der Waals surface area contributed by atoms with Crippen molar-refractivity contribution in [3.8, 4) is 5.75 Å². The first kappa shape index (κ1) is 32.6. The van der Waals surface area contributed by atoms with E-state index in [1.807, 2.05) is 66.7 Å². The number of ether oxygens (including phenoxy) is 1. The van der Waals surface area contributed by atoms with Crippen LogP contribution in [0.25, 0.3) is 0 Å². The molecule has 40 heavy (non-hydrogen) atoms. The number of nitrogens with one attached hydrogen (secondary N) is 3. The Morgan fingerprint density at radius 3 is 1.93 bits per heavy atom. The first-order valence-corrected chi connectivity index (χ1v) is 12.7. The predicted octanol–water partition coefficient (Wildman–Crippen LogP) is 4.66. The molecule has 2 amide bonds. The van der Waals surface area contributed by atoms with E-state index in [0.29, 0.717) is 30.1 Å². The number of hydrogen-bond donors (Lipinski definition) is 6. The van der Waals surface area contributed by atoms with E-state index in [-0.39, 0.29) is 25.3 Å². The number of aliphatic hydroxyl groups excluding tert-OH is 2. The lowest BCUT2D eigenvalue weighted by Crippen LogP contribution is -2.41. The van der Waals surface area contributed by atoms with Gasteiger partial charge < -0.3 is 36.0 Å². The lowest BCUT2D eigenvalue weighted by atomic mass is 10.1. The Labute approximate surface area is 237 Å². The first-order chi connectivity index (χ1) is 19.0. The first-order valence-electron chi connectivity index (χ1n) is 11.9. The summed E-state index contributed by atoms with van der Waals surface area (Å²) in [7, 11) is 0. The number of carbonyl (C=O) groups excluding carboxylic acids is 1. The molecule has 216 valence electrons. The maximum Gasteiger partial charge on any atom is 0.490 e. The lowest BCUT2D eigenvalue weighted by Gasteiger charge is -2.19. The number of amides is 2. The van der Waals surface area contributed by atoms with Crippen molar-refractivity contribution in [3.63, 3.8) is 0 Å². The summed E-state index contributed by atoms with van der Waals surface area (Å²) < 4.78 is 38.2. The molecule has 2 atom stereocenters. The molecule has 3 aromatic carbocycles. The molecule has 0 heterocycles. The number of hydrogen-bond acceptors (Lipinski definition) is 6. The van der Waals surface area contributed by atoms with Gasteiger partial charge in [0.25, 0.3) is 0 Å². The second-order valence-corrected chi connectivity index (χ2v) is 9.27. The minimum Gasteiger partial charge on any atom is -0.491 e. The highest BCUT2D eigenvalue weighted by atomic mass is 79.9. The molecular formula is C27H29BrF3N3O6. The van der Waals surface area contributed by atoms with E-state index >= 15 is 0 Å². The van der Waals surface area contributed by atoms with Crippen molar-refractivity contribution in [2.45, 2.75) is 24.7 Å². The average molecular weight is 628 g/mol. The molecule has 0 fully saturated rings. The van der Waals surface area contributed by atoms with Crippen molar-refractivity contribution in [3.05, 3.63) is 88.9 Å². The van der Waals surface area contributed by atoms with Gasteiger partial charge in [-0.1, -0.05) is 46.3 Å². The zero-order valence-corrected chi connectivity index (χ0v) is 22.7. The van der Waals surface area contributed by atoms with Crippen molar-refractivity contribution < 1.29 is 42.8 Å². The fourth-order valence-corrected chi connectivity index (χ4v) is 3.37. The fraction of sp³-hybridized carbons (Fsp3) is 0.259. The highest BCUT2D eigenvalue weighted by molar-refractivity contribution is 9.10. The summed E-state index contributed by atoms with van der Waals surface area (Å²) in [6.45, 7) is 0.396. The smallest absolute Gasteiger partial charge is 0.490 e. The Morgan fingerprint density at radius 1 is 0.900 bits per heavy atom. The van der Waals surface area contributed by atoms with Gasteiger partial charge in [-0.3, -0.25) is 0 Å². The molecule has 13 heteroatoms. The summed E-state index contributed by atoms with van der Waals surface area (Å²) in [5.41, 5.74) is 2.35. The molecule has 0 bridgehead atoms. The third-order valence-electron chi connectivity index (χ3n) is 5.09. The van der Waals surface area contributed by atoms with Crippen LogP contribution in [-0.2, 0) is 11.2 Å². The average Bonchev–Trinajstić information content (AvgIpc) is 2.92. The third kappa shape index (κ3) is 12.9. The van der Waals surface area contributed by atoms with E-state index in [0.717, 1.165) is 10.0 Å². The minimum absolute atomic E-state index is 0.0676. The molecule has 9 nitrogen and oxygen atoms in total. The zero-order valence-electron chi connectivity index (χ0n) is 21.1. The fourth-order valence-electron chi connectivity index (χ4n) is 3.11. The second-order valence-electron chi connectivity index (χ2n) is 8.36. The summed E-state index contributed by atoms with van der Waals surface area (Å²) in [6.07, 6.45) is -5.20. The number of anilines is 2. The van der Waals surface area contributed by atoms with Crippen LogP contribution in [0.4, 0.5) is 29.3 Å². The molecule has 0 saturated carbocycles. The molecule has 0 saturated heterocycles. The standard InChI is InChI=1S/C25H28BrN3O4.C2HF3O2/c26-19-8-12-21(13-9-19)29-25(32)28-20-10-6-18(7-11-20)14-22(16-30)27-15-23(31)17-33-24-4-2-1-3-5-24;3-2(4,5)1(6)7/h1-13,22-23,27,30-31H,14-17H2,(H2,28,29,32);(H,6,7)/t22-,23-;/m0./s1. The van der Waals surface area contributed by atoms with Gasteiger partial charge in [0, 0.05) is 28.4 Å². The van der Waals surface area contributed by atoms with Crippen molar-refractivity contribution in [2.75, 3.05) is 30.4 Å². The van der Waals surface area contributed by atoms with Crippen LogP contribution in [-0.4, -0.2) is 65.4 Å². The van der Waals surface area contributed by atoms with Gasteiger partial charge in [-0.05, 0) is 60.5 Å². The van der Waals surface area contributed by atoms with Crippen LogP contribution in [0.3, 0.4) is 0 Å². The van der Waals surface area contributed by atoms with Crippen LogP contribution in [0.2, 0.25) is 0 Å². The van der Waals surface area contributed by atoms with Crippen molar-refractivity contribution in [1.29, 1.82) is 0 Å². The Hall–Kier alpha value is -3.65. The lowest BCUT2D eigenvalue weighted by molar-refractivity contribution is -0.192. The number of halogens is 4. The van der Waals surface area contributed by atoms with Crippen molar-refractivity contribution in [1.82, 2.24) is 5.32 Å². The number of para-hydroxylation sites is 1. The van der Waals surface area contributed by atoms with Gasteiger partial charge in [0.1, 0.15) is 18.5 Å². The number of urea groups is 1. The highest BCUT2D eigenvalue weighted by Crippen LogP contribution is 2.16. The second kappa shape index (κ2) is 16.5. The van der Waals surface area contributed by atoms with Gasteiger partial charge in [-0.2, -0.15) is 13.2 Å². The summed E-state index contributed by atoms with van der Waals surface area (Å²) in [4.78, 5) is 21.1. The molecule has 0 aliphatic heterocycles. The monoisotopic (exact) mass is 627 g/mol. The van der Waals surface area contributed by atoms with Gasteiger partial charge >= 0.3 is 18.2 Å². The maximum absolute atomic E-state index is 12.2. The van der Waals surface area contributed by atoms with Crippen LogP contribution in [0, 0.1) is 0 Å². The number of aliphatic carboxylic acids is 1. The van der Waals surface area contributed by atoms with Crippen LogP contribution in [0.5, 0.6) is 5.75 Å². The number of aliphatic hydroxyl groups is 2. The topological polar surface area (TPSA) is 140 Å². The van der Waals surface area contributed by atoms with Crippen LogP contribution in [0.15, 0.2) is 83.3 Å². The zero-order chi connectivity index (χ0) is 29.5. The molecule has 3 aromatic rings. The Bertz CT molecular complexity index is 1180. The Kier molecular flexibility index (Phi) is 13.4. The van der Waals surface area contributed by atoms with Gasteiger partial charge in [-0.15, -0.1) is 0 Å². The molecule has 0 unspecified atom stereocenters. The number of benzene rings is 3. The summed E-state index contributed by atoms with van der Waals surface area (Å²) >= 11 is 3.36. The summed E-state index contributed by atoms with van der Waals surface area (Å²) in [5, 5.41) is 35.7. The third-order valence-corrected chi connectivity index (χ3v) is 5.62. The van der Waals surface area contributed by atoms with Crippen molar-refractivity contribution >= 4 is 39.3 Å². The normalized spacial score (nSPS) is 12.3. The molecule has 0 aliphatic rings. The van der Waals surface area contributed by atoms with E-state index < -0.39 is 18.2 Å². The largest absolute Gasteiger partial charge is 0.491 e. The SMILES string of the molecule is O=C(Nc1ccc(Br)cc1)Nc1ccc(C[C@@H](CO)NC[C@H](O)COc2ccccc2)cc1.O=C(O)C(F)(F)F. The van der Waals surface area contributed by atoms with Gasteiger partial charge in [0.05, 0.1) is 6.61 Å². The van der Waals surface area contributed by atoms with E-state index in [9.17, 15) is 28.2 Å². The van der Waals surface area contributed by atoms with Gasteiger partial charge in [-0.25, -0.2) is 9.59 Å². The van der Waals surface area contributed by atoms with E-state index in [4.69, 9.17) is 14.6 Å². The van der Waals surface area contributed by atoms with E-state index in [2.05, 4.69) is 31.9 Å². The number of carbonyl (C=O) groups is 2. The molecule has 0 aliphatic carbocycles. The Balaban J connectivity index is 0.000000708. The van der Waals surface area contributed by atoms with Gasteiger partial charge in [0.15, 0.2) is 0 Å². The Morgan fingerprint density at radius 2 is 1.43 bits per heavy atom. The molecule has 6 N–H and O–H groups in total. The number of carboxylic acids is 1. The molecular weight excluding hydrogens is 599 g/mol. The molecule has 3 rings (SSSR count). The number of carboxylic acid groups (broad SMARTS) is 1. The quantitative estimate of drug-likeness (QED) is 0.182. The van der Waals surface area contributed by atoms with E-state index in [1.54, 1.807) is 12.1 Å². The predicted molar refractivity (Wildman–Crippen MR) is 147 cm³/mol. The number of rotatable bonds is 11. The van der Waals surface area contributed by atoms with Crippen LogP contribution < -0.4 is 20.7 Å².